The van der Waals surface area contributed by atoms with Crippen LogP contribution in [0, 0.1) is 0 Å². The molecule has 0 aliphatic heterocycles. The Morgan fingerprint density at radius 2 is 1.82 bits per heavy atom. The van der Waals surface area contributed by atoms with Gasteiger partial charge in [-0.15, -0.1) is 10.2 Å². The minimum absolute atomic E-state index is 0.116. The molecule has 1 atom stereocenters. The Morgan fingerprint density at radius 1 is 1.04 bits per heavy atom. The molecular formula is C21H20N4O2S. The van der Waals surface area contributed by atoms with Gasteiger partial charge < -0.3 is 10.6 Å². The molecule has 1 aliphatic carbocycles. The lowest BCUT2D eigenvalue weighted by atomic mass is 10.1. The highest BCUT2D eigenvalue weighted by atomic mass is 32.1. The molecule has 1 aromatic heterocycles. The van der Waals surface area contributed by atoms with Gasteiger partial charge in [0.05, 0.1) is 6.04 Å². The van der Waals surface area contributed by atoms with E-state index in [2.05, 4.69) is 20.8 Å². The van der Waals surface area contributed by atoms with Crippen LogP contribution in [-0.4, -0.2) is 22.0 Å². The van der Waals surface area contributed by atoms with Crippen LogP contribution in [0.25, 0.3) is 0 Å². The lowest BCUT2D eigenvalue weighted by Gasteiger charge is -2.14. The number of nitrogens with one attached hydrogen (secondary N) is 2. The van der Waals surface area contributed by atoms with Crippen molar-refractivity contribution < 1.29 is 9.59 Å². The summed E-state index contributed by atoms with van der Waals surface area (Å²) < 4.78 is 0. The molecule has 1 aliphatic rings. The van der Waals surface area contributed by atoms with Gasteiger partial charge in [-0.3, -0.25) is 9.59 Å². The van der Waals surface area contributed by atoms with Crippen molar-refractivity contribution in [1.29, 1.82) is 0 Å². The fourth-order valence-electron chi connectivity index (χ4n) is 2.85. The number of amides is 2. The number of hydrogen-bond donors (Lipinski definition) is 2. The minimum atomic E-state index is -0.306. The summed E-state index contributed by atoms with van der Waals surface area (Å²) in [6, 6.07) is 16.5. The van der Waals surface area contributed by atoms with Crippen LogP contribution >= 0.6 is 11.3 Å². The van der Waals surface area contributed by atoms with E-state index in [4.69, 9.17) is 0 Å². The number of carbonyl (C=O) groups is 2. The van der Waals surface area contributed by atoms with Gasteiger partial charge in [0.15, 0.2) is 0 Å². The van der Waals surface area contributed by atoms with Gasteiger partial charge in [-0.1, -0.05) is 47.7 Å². The number of hydrogen-bond acceptors (Lipinski definition) is 5. The van der Waals surface area contributed by atoms with Crippen LogP contribution in [0.4, 0.5) is 5.69 Å². The first-order chi connectivity index (χ1) is 13.6. The van der Waals surface area contributed by atoms with Crippen molar-refractivity contribution in [3.8, 4) is 0 Å². The molecule has 142 valence electrons. The summed E-state index contributed by atoms with van der Waals surface area (Å²) in [5.41, 5.74) is 2.06. The maximum atomic E-state index is 12.6. The smallest absolute Gasteiger partial charge is 0.286 e. The summed E-state index contributed by atoms with van der Waals surface area (Å²) in [7, 11) is 0. The van der Waals surface area contributed by atoms with E-state index in [0.717, 1.165) is 23.4 Å². The fourth-order valence-corrected chi connectivity index (χ4v) is 3.76. The molecule has 3 aromatic rings. The number of anilines is 1. The monoisotopic (exact) mass is 392 g/mol. The van der Waals surface area contributed by atoms with E-state index >= 15 is 0 Å². The van der Waals surface area contributed by atoms with Crippen LogP contribution in [0.3, 0.4) is 0 Å². The highest BCUT2D eigenvalue weighted by Gasteiger charge is 2.28. The molecule has 2 amide bonds. The largest absolute Gasteiger partial charge is 0.346 e. The third-order valence-electron chi connectivity index (χ3n) is 4.59. The number of carbonyl (C=O) groups excluding carboxylic acids is 2. The zero-order chi connectivity index (χ0) is 19.5. The van der Waals surface area contributed by atoms with Crippen molar-refractivity contribution in [3.63, 3.8) is 0 Å². The normalized spacial score (nSPS) is 14.3. The molecule has 1 heterocycles. The van der Waals surface area contributed by atoms with Gasteiger partial charge in [0.1, 0.15) is 5.01 Å². The molecule has 7 heteroatoms. The summed E-state index contributed by atoms with van der Waals surface area (Å²) in [5.74, 6) is -0.0309. The van der Waals surface area contributed by atoms with E-state index in [1.54, 1.807) is 24.3 Å². The van der Waals surface area contributed by atoms with E-state index < -0.39 is 0 Å². The van der Waals surface area contributed by atoms with Crippen LogP contribution in [0.1, 0.15) is 62.5 Å². The number of benzene rings is 2. The van der Waals surface area contributed by atoms with Gasteiger partial charge in [-0.25, -0.2) is 0 Å². The SMILES string of the molecule is CC(NC(=O)c1cccc(NC(=O)c2nnc(C3CC3)s2)c1)c1ccccc1. The van der Waals surface area contributed by atoms with Gasteiger partial charge in [-0.2, -0.15) is 0 Å². The Bertz CT molecular complexity index is 998. The zero-order valence-corrected chi connectivity index (χ0v) is 16.2. The van der Waals surface area contributed by atoms with Crippen molar-refractivity contribution in [2.45, 2.75) is 31.7 Å². The third kappa shape index (κ3) is 4.26. The molecule has 28 heavy (non-hydrogen) atoms. The van der Waals surface area contributed by atoms with Crippen LogP contribution in [-0.2, 0) is 0 Å². The summed E-state index contributed by atoms with van der Waals surface area (Å²) >= 11 is 1.33. The molecule has 1 unspecified atom stereocenters. The second-order valence-corrected chi connectivity index (χ2v) is 7.87. The molecule has 0 spiro atoms. The molecule has 2 N–H and O–H groups in total. The highest BCUT2D eigenvalue weighted by Crippen LogP contribution is 2.41. The van der Waals surface area contributed by atoms with E-state index in [1.807, 2.05) is 37.3 Å². The highest BCUT2D eigenvalue weighted by molar-refractivity contribution is 7.13. The van der Waals surface area contributed by atoms with Crippen molar-refractivity contribution in [2.24, 2.45) is 0 Å². The Morgan fingerprint density at radius 3 is 2.57 bits per heavy atom. The first-order valence-electron chi connectivity index (χ1n) is 9.21. The molecule has 0 bridgehead atoms. The van der Waals surface area contributed by atoms with Crippen molar-refractivity contribution in [1.82, 2.24) is 15.5 Å². The molecule has 0 saturated heterocycles. The van der Waals surface area contributed by atoms with E-state index in [9.17, 15) is 9.59 Å². The Balaban J connectivity index is 1.41. The molecule has 0 radical (unpaired) electrons. The van der Waals surface area contributed by atoms with E-state index in [0.29, 0.717) is 22.2 Å². The van der Waals surface area contributed by atoms with Crippen LogP contribution in [0.15, 0.2) is 54.6 Å². The van der Waals surface area contributed by atoms with Gasteiger partial charge >= 0.3 is 0 Å². The standard InChI is InChI=1S/C21H20N4O2S/c1-13(14-6-3-2-4-7-14)22-18(26)16-8-5-9-17(12-16)23-19(27)21-25-24-20(28-21)15-10-11-15/h2-9,12-13,15H,10-11H2,1H3,(H,22,26)(H,23,27). The zero-order valence-electron chi connectivity index (χ0n) is 15.4. The van der Waals surface area contributed by atoms with Crippen LogP contribution < -0.4 is 10.6 Å². The first-order valence-corrected chi connectivity index (χ1v) is 10.0. The maximum absolute atomic E-state index is 12.6. The van der Waals surface area contributed by atoms with Crippen molar-refractivity contribution >= 4 is 28.8 Å². The van der Waals surface area contributed by atoms with Gasteiger partial charge in [0.2, 0.25) is 5.01 Å². The Kier molecular flexibility index (Phi) is 5.16. The number of nitrogens with zero attached hydrogens (tertiary/aromatic N) is 2. The van der Waals surface area contributed by atoms with Crippen LogP contribution in [0.2, 0.25) is 0 Å². The lowest BCUT2D eigenvalue weighted by Crippen LogP contribution is -2.26. The molecule has 4 rings (SSSR count). The molecular weight excluding hydrogens is 372 g/mol. The van der Waals surface area contributed by atoms with Gasteiger partial charge in [-0.05, 0) is 43.5 Å². The topological polar surface area (TPSA) is 84.0 Å². The van der Waals surface area contributed by atoms with Crippen molar-refractivity contribution in [2.75, 3.05) is 5.32 Å². The lowest BCUT2D eigenvalue weighted by molar-refractivity contribution is 0.0938. The molecule has 1 fully saturated rings. The van der Waals surface area contributed by atoms with Crippen molar-refractivity contribution in [3.05, 3.63) is 75.7 Å². The predicted octanol–water partition coefficient (Wildman–Crippen LogP) is 4.16. The average Bonchev–Trinajstić information content (AvgIpc) is 3.45. The number of aromatic nitrogens is 2. The summed E-state index contributed by atoms with van der Waals surface area (Å²) in [5, 5.41) is 15.1. The molecule has 6 nitrogen and oxygen atoms in total. The van der Waals surface area contributed by atoms with E-state index in [-0.39, 0.29) is 17.9 Å². The van der Waals surface area contributed by atoms with E-state index in [1.165, 1.54) is 11.3 Å². The molecule has 2 aromatic carbocycles. The Hall–Kier alpha value is -3.06. The third-order valence-corrected chi connectivity index (χ3v) is 5.68. The predicted molar refractivity (Wildman–Crippen MR) is 109 cm³/mol. The molecule has 1 saturated carbocycles. The second kappa shape index (κ2) is 7.90. The number of rotatable bonds is 6. The quantitative estimate of drug-likeness (QED) is 0.660. The van der Waals surface area contributed by atoms with Gasteiger partial charge in [0.25, 0.3) is 11.8 Å². The van der Waals surface area contributed by atoms with Gasteiger partial charge in [0, 0.05) is 17.2 Å². The minimum Gasteiger partial charge on any atom is -0.346 e. The summed E-state index contributed by atoms with van der Waals surface area (Å²) in [4.78, 5) is 25.0. The van der Waals surface area contributed by atoms with Crippen LogP contribution in [0.5, 0.6) is 0 Å². The second-order valence-electron chi connectivity index (χ2n) is 6.86. The first kappa shape index (κ1) is 18.3. The maximum Gasteiger partial charge on any atom is 0.286 e. The summed E-state index contributed by atoms with van der Waals surface area (Å²) in [6.07, 6.45) is 2.24. The Labute approximate surface area is 167 Å². The summed E-state index contributed by atoms with van der Waals surface area (Å²) in [6.45, 7) is 1.94. The fraction of sp³-hybridized carbons (Fsp3) is 0.238. The average molecular weight is 392 g/mol.